The molecule has 0 amide bonds. The van der Waals surface area contributed by atoms with Gasteiger partial charge in [0.25, 0.3) is 0 Å². The van der Waals surface area contributed by atoms with Crippen LogP contribution >= 0.6 is 0 Å². The van der Waals surface area contributed by atoms with Gasteiger partial charge >= 0.3 is 0 Å². The highest BCUT2D eigenvalue weighted by atomic mass is 19.1. The molecule has 0 aliphatic carbocycles. The van der Waals surface area contributed by atoms with Gasteiger partial charge in [0, 0.05) is 24.1 Å². The van der Waals surface area contributed by atoms with Crippen molar-refractivity contribution in [1.82, 2.24) is 15.1 Å². The van der Waals surface area contributed by atoms with E-state index < -0.39 is 0 Å². The van der Waals surface area contributed by atoms with Crippen LogP contribution in [-0.4, -0.2) is 15.8 Å². The lowest BCUT2D eigenvalue weighted by molar-refractivity contribution is 0.443. The Bertz CT molecular complexity index is 682. The lowest BCUT2D eigenvalue weighted by Crippen LogP contribution is -2.35. The van der Waals surface area contributed by atoms with Crippen LogP contribution in [0.1, 0.15) is 42.3 Å². The van der Waals surface area contributed by atoms with Gasteiger partial charge in [-0.3, -0.25) is 0 Å². The van der Waals surface area contributed by atoms with E-state index in [4.69, 9.17) is 5.73 Å². The van der Waals surface area contributed by atoms with Crippen molar-refractivity contribution in [2.45, 2.75) is 46.2 Å². The molecule has 2 atom stereocenters. The van der Waals surface area contributed by atoms with Gasteiger partial charge in [-0.15, -0.1) is 0 Å². The first kappa shape index (κ1) is 14.1. The molecule has 1 aromatic heterocycles. The van der Waals surface area contributed by atoms with E-state index in [-0.39, 0.29) is 11.9 Å². The summed E-state index contributed by atoms with van der Waals surface area (Å²) in [6.07, 6.45) is 0.857. The van der Waals surface area contributed by atoms with Crippen LogP contribution in [0.3, 0.4) is 0 Å². The quantitative estimate of drug-likeness (QED) is 0.848. The zero-order valence-electron chi connectivity index (χ0n) is 12.9. The molecule has 0 saturated carbocycles. The van der Waals surface area contributed by atoms with E-state index >= 15 is 0 Å². The van der Waals surface area contributed by atoms with Gasteiger partial charge in [0.2, 0.25) is 0 Å². The maximum Gasteiger partial charge on any atom is 0.132 e. The van der Waals surface area contributed by atoms with Crippen molar-refractivity contribution in [2.24, 2.45) is 0 Å². The summed E-state index contributed by atoms with van der Waals surface area (Å²) in [6.45, 7) is 7.76. The Balaban J connectivity index is 2.15. The molecule has 21 heavy (non-hydrogen) atoms. The molecule has 0 spiro atoms. The fraction of sp³-hybridized carbons (Fsp3) is 0.438. The average molecular weight is 288 g/mol. The molecule has 1 aliphatic rings. The third-order valence-electron chi connectivity index (χ3n) is 4.17. The summed E-state index contributed by atoms with van der Waals surface area (Å²) in [6, 6.07) is 4.14. The van der Waals surface area contributed by atoms with Crippen LogP contribution < -0.4 is 11.1 Å². The first-order valence-corrected chi connectivity index (χ1v) is 7.29. The highest BCUT2D eigenvalue weighted by Gasteiger charge is 2.28. The fourth-order valence-electron chi connectivity index (χ4n) is 3.21. The maximum atomic E-state index is 13.8. The minimum absolute atomic E-state index is 0.169. The number of halogens is 1. The second-order valence-corrected chi connectivity index (χ2v) is 6.04. The summed E-state index contributed by atoms with van der Waals surface area (Å²) in [5, 5.41) is 8.14. The Morgan fingerprint density at radius 1 is 1.29 bits per heavy atom. The Morgan fingerprint density at radius 3 is 2.52 bits per heavy atom. The molecule has 3 N–H and O–H groups in total. The summed E-state index contributed by atoms with van der Waals surface area (Å²) in [5.41, 5.74) is 10.4. The van der Waals surface area contributed by atoms with Gasteiger partial charge in [0.15, 0.2) is 0 Å². The number of nitrogens with zero attached hydrogens (tertiary/aromatic N) is 2. The van der Waals surface area contributed by atoms with Crippen LogP contribution in [0.4, 0.5) is 10.2 Å². The minimum Gasteiger partial charge on any atom is -0.383 e. The number of nitrogens with two attached hydrogens (primary N) is 1. The monoisotopic (exact) mass is 288 g/mol. The maximum absolute atomic E-state index is 13.8. The van der Waals surface area contributed by atoms with Crippen LogP contribution in [0.25, 0.3) is 5.69 Å². The normalized spacial score (nSPS) is 21.4. The van der Waals surface area contributed by atoms with Gasteiger partial charge < -0.3 is 11.1 Å². The van der Waals surface area contributed by atoms with Crippen molar-refractivity contribution in [3.05, 3.63) is 40.3 Å². The van der Waals surface area contributed by atoms with Gasteiger partial charge in [-0.05, 0) is 51.0 Å². The molecule has 3 rings (SSSR count). The van der Waals surface area contributed by atoms with Crippen molar-refractivity contribution in [3.63, 3.8) is 0 Å². The van der Waals surface area contributed by atoms with Crippen molar-refractivity contribution < 1.29 is 4.39 Å². The second kappa shape index (κ2) is 4.84. The van der Waals surface area contributed by atoms with Crippen LogP contribution in [0.15, 0.2) is 12.1 Å². The van der Waals surface area contributed by atoms with Gasteiger partial charge in [0.1, 0.15) is 11.6 Å². The summed E-state index contributed by atoms with van der Waals surface area (Å²) in [4.78, 5) is 0. The molecule has 0 fully saturated rings. The zero-order valence-corrected chi connectivity index (χ0v) is 12.9. The van der Waals surface area contributed by atoms with Crippen molar-refractivity contribution in [3.8, 4) is 5.69 Å². The second-order valence-electron chi connectivity index (χ2n) is 6.04. The molecule has 0 saturated heterocycles. The average Bonchev–Trinajstić information content (AvgIpc) is 2.72. The van der Waals surface area contributed by atoms with E-state index in [1.807, 2.05) is 0 Å². The number of hydrogen-bond donors (Lipinski definition) is 2. The van der Waals surface area contributed by atoms with E-state index in [0.717, 1.165) is 23.4 Å². The van der Waals surface area contributed by atoms with Crippen LogP contribution in [0.5, 0.6) is 0 Å². The molecule has 1 aliphatic heterocycles. The Hall–Kier alpha value is -1.88. The van der Waals surface area contributed by atoms with Gasteiger partial charge in [-0.2, -0.15) is 5.10 Å². The van der Waals surface area contributed by atoms with Crippen LogP contribution in [0, 0.1) is 19.7 Å². The summed E-state index contributed by atoms with van der Waals surface area (Å²) >= 11 is 0. The summed E-state index contributed by atoms with van der Waals surface area (Å²) in [7, 11) is 0. The molecular formula is C16H21FN4. The largest absolute Gasteiger partial charge is 0.383 e. The lowest BCUT2D eigenvalue weighted by atomic mass is 9.97. The SMILES string of the molecule is Cc1cc(-n2nc3c(c2N)[C@H](C)NC(C)C3)cc(C)c1F. The van der Waals surface area contributed by atoms with E-state index in [1.165, 1.54) is 0 Å². The van der Waals surface area contributed by atoms with Gasteiger partial charge in [-0.1, -0.05) is 0 Å². The van der Waals surface area contributed by atoms with Gasteiger partial charge in [0.05, 0.1) is 11.4 Å². The van der Waals surface area contributed by atoms with E-state index in [9.17, 15) is 4.39 Å². The summed E-state index contributed by atoms with van der Waals surface area (Å²) < 4.78 is 15.5. The number of fused-ring (bicyclic) bond motifs is 1. The number of aromatic nitrogens is 2. The third kappa shape index (κ3) is 2.21. The first-order valence-electron chi connectivity index (χ1n) is 7.29. The molecule has 2 heterocycles. The molecule has 0 radical (unpaired) electrons. The Morgan fingerprint density at radius 2 is 1.90 bits per heavy atom. The molecule has 1 aromatic carbocycles. The molecule has 5 heteroatoms. The molecule has 1 unspecified atom stereocenters. The topological polar surface area (TPSA) is 55.9 Å². The Kier molecular flexibility index (Phi) is 3.24. The zero-order chi connectivity index (χ0) is 15.3. The number of anilines is 1. The number of benzene rings is 1. The number of rotatable bonds is 1. The number of hydrogen-bond acceptors (Lipinski definition) is 3. The lowest BCUT2D eigenvalue weighted by Gasteiger charge is -2.25. The number of aryl methyl sites for hydroxylation is 2. The number of nitrogen functional groups attached to an aromatic ring is 1. The molecular weight excluding hydrogens is 267 g/mol. The van der Waals surface area contributed by atoms with Crippen LogP contribution in [0.2, 0.25) is 0 Å². The van der Waals surface area contributed by atoms with E-state index in [1.54, 1.807) is 30.7 Å². The van der Waals surface area contributed by atoms with Crippen molar-refractivity contribution in [1.29, 1.82) is 0 Å². The molecule has 4 nitrogen and oxygen atoms in total. The molecule has 0 bridgehead atoms. The third-order valence-corrected chi connectivity index (χ3v) is 4.17. The van der Waals surface area contributed by atoms with Crippen LogP contribution in [-0.2, 0) is 6.42 Å². The van der Waals surface area contributed by atoms with Crippen molar-refractivity contribution >= 4 is 5.82 Å². The highest BCUT2D eigenvalue weighted by Crippen LogP contribution is 2.32. The summed E-state index contributed by atoms with van der Waals surface area (Å²) in [5.74, 6) is 0.472. The Labute approximate surface area is 124 Å². The number of nitrogens with one attached hydrogen (secondary N) is 1. The van der Waals surface area contributed by atoms with Crippen molar-refractivity contribution in [2.75, 3.05) is 5.73 Å². The smallest absolute Gasteiger partial charge is 0.132 e. The predicted molar refractivity (Wildman–Crippen MR) is 82.1 cm³/mol. The minimum atomic E-state index is -0.169. The standard InChI is InChI=1S/C16H21FN4/c1-8-5-12(6-9(2)15(8)17)21-16(18)14-11(4)19-10(3)7-13(14)20-21/h5-6,10-11,19H,7,18H2,1-4H3/t10?,11-/m0/s1. The molecule has 112 valence electrons. The fourth-order valence-corrected chi connectivity index (χ4v) is 3.21. The van der Waals surface area contributed by atoms with Gasteiger partial charge in [-0.25, -0.2) is 9.07 Å². The van der Waals surface area contributed by atoms with E-state index in [2.05, 4.69) is 24.3 Å². The molecule has 2 aromatic rings. The van der Waals surface area contributed by atoms with E-state index in [0.29, 0.717) is 23.0 Å². The predicted octanol–water partition coefficient (Wildman–Crippen LogP) is 2.81. The first-order chi connectivity index (χ1) is 9.88. The highest BCUT2D eigenvalue weighted by molar-refractivity contribution is 5.54.